The first-order chi connectivity index (χ1) is 8.15. The molecule has 0 heterocycles. The van der Waals surface area contributed by atoms with Gasteiger partial charge in [0.25, 0.3) is 0 Å². The van der Waals surface area contributed by atoms with Crippen LogP contribution in [0.1, 0.15) is 17.0 Å². The van der Waals surface area contributed by atoms with Gasteiger partial charge in [0.1, 0.15) is 16.1 Å². The van der Waals surface area contributed by atoms with Gasteiger partial charge in [0.15, 0.2) is 0 Å². The highest BCUT2D eigenvalue weighted by molar-refractivity contribution is 7.90. The number of alkyl halides is 3. The van der Waals surface area contributed by atoms with E-state index in [1.165, 1.54) is 12.1 Å². The van der Waals surface area contributed by atoms with Crippen molar-refractivity contribution >= 4 is 16.1 Å². The molecule has 0 aliphatic heterocycles. The van der Waals surface area contributed by atoms with Crippen LogP contribution in [0.25, 0.3) is 0 Å². The molecule has 0 aliphatic rings. The van der Waals surface area contributed by atoms with Crippen LogP contribution >= 0.6 is 0 Å². The molecule has 1 rings (SSSR count). The number of rotatable bonds is 4. The highest BCUT2D eigenvalue weighted by atomic mass is 32.2. The zero-order valence-corrected chi connectivity index (χ0v) is 10.3. The predicted molar refractivity (Wildman–Crippen MR) is 60.0 cm³/mol. The van der Waals surface area contributed by atoms with Gasteiger partial charge in [-0.05, 0) is 11.6 Å². The molecule has 0 N–H and O–H groups in total. The molecule has 0 saturated carbocycles. The van der Waals surface area contributed by atoms with Crippen LogP contribution in [0, 0.1) is 0 Å². The third-order valence-electron chi connectivity index (χ3n) is 2.31. The monoisotopic (exact) mass is 280 g/mol. The number of hydrogen-bond acceptors (Lipinski definition) is 3. The summed E-state index contributed by atoms with van der Waals surface area (Å²) in [5.41, 5.74) is -1.30. The van der Waals surface area contributed by atoms with Crippen LogP contribution in [-0.2, 0) is 20.8 Å². The van der Waals surface area contributed by atoms with E-state index < -0.39 is 33.2 Å². The van der Waals surface area contributed by atoms with Gasteiger partial charge in [-0.15, -0.1) is 0 Å². The molecule has 0 aliphatic carbocycles. The summed E-state index contributed by atoms with van der Waals surface area (Å²) in [5.74, 6) is -1.94. The average Bonchev–Trinajstić information content (AvgIpc) is 2.23. The molecular formula is C11H11F3O3S. The lowest BCUT2D eigenvalue weighted by Gasteiger charge is -2.16. The maximum atomic E-state index is 12.7. The van der Waals surface area contributed by atoms with Crippen LogP contribution in [0.4, 0.5) is 13.2 Å². The second-order valence-corrected chi connectivity index (χ2v) is 6.10. The molecule has 7 heteroatoms. The maximum absolute atomic E-state index is 12.7. The summed E-state index contributed by atoms with van der Waals surface area (Å²) in [6, 6.07) is 4.47. The lowest BCUT2D eigenvalue weighted by molar-refractivity contribution is -0.138. The summed E-state index contributed by atoms with van der Waals surface area (Å²) in [6.07, 6.45) is -3.51. The Bertz CT molecular complexity index is 535. The van der Waals surface area contributed by atoms with E-state index in [9.17, 15) is 26.4 Å². The van der Waals surface area contributed by atoms with Gasteiger partial charge in [-0.25, -0.2) is 8.42 Å². The first-order valence-electron chi connectivity index (χ1n) is 4.94. The first kappa shape index (κ1) is 14.7. The van der Waals surface area contributed by atoms with Gasteiger partial charge in [-0.3, -0.25) is 0 Å². The van der Waals surface area contributed by atoms with Crippen molar-refractivity contribution in [3.05, 3.63) is 35.4 Å². The quantitative estimate of drug-likeness (QED) is 0.793. The third-order valence-corrected chi connectivity index (χ3v) is 3.28. The van der Waals surface area contributed by atoms with E-state index in [4.69, 9.17) is 0 Å². The molecule has 18 heavy (non-hydrogen) atoms. The Labute approximate surface area is 103 Å². The molecule has 0 fully saturated rings. The van der Waals surface area contributed by atoms with E-state index in [-0.39, 0.29) is 11.8 Å². The molecule has 100 valence electrons. The van der Waals surface area contributed by atoms with Crippen molar-refractivity contribution in [1.29, 1.82) is 0 Å². The minimum atomic E-state index is -4.62. The van der Waals surface area contributed by atoms with Crippen molar-refractivity contribution < 1.29 is 26.4 Å². The van der Waals surface area contributed by atoms with E-state index in [2.05, 4.69) is 0 Å². The third kappa shape index (κ3) is 3.83. The van der Waals surface area contributed by atoms with Gasteiger partial charge in [0.2, 0.25) is 0 Å². The summed E-state index contributed by atoms with van der Waals surface area (Å²) in [5, 5.41) is 0. The van der Waals surface area contributed by atoms with E-state index in [1.54, 1.807) is 0 Å². The number of carbonyl (C=O) groups is 1. The fourth-order valence-electron chi connectivity index (χ4n) is 1.61. The molecule has 1 aromatic rings. The largest absolute Gasteiger partial charge is 0.416 e. The molecule has 1 unspecified atom stereocenters. The molecule has 0 aromatic heterocycles. The second kappa shape index (κ2) is 5.09. The first-order valence-corrected chi connectivity index (χ1v) is 7.00. The van der Waals surface area contributed by atoms with Crippen molar-refractivity contribution in [2.45, 2.75) is 12.1 Å². The number of halogens is 3. The molecule has 0 radical (unpaired) electrons. The maximum Gasteiger partial charge on any atom is 0.416 e. The van der Waals surface area contributed by atoms with Gasteiger partial charge in [0.05, 0.1) is 17.2 Å². The lowest BCUT2D eigenvalue weighted by Crippen LogP contribution is -2.19. The molecule has 0 saturated heterocycles. The standard InChI is InChI=1S/C11H11F3O3S/c1-18(16,17)7-8(6-15)9-4-2-3-5-10(9)11(12,13)14/h2-6,8H,7H2,1H3. The van der Waals surface area contributed by atoms with Crippen LogP contribution in [-0.4, -0.2) is 26.7 Å². The number of carbonyl (C=O) groups excluding carboxylic acids is 1. The molecule has 0 bridgehead atoms. The lowest BCUT2D eigenvalue weighted by atomic mass is 9.96. The van der Waals surface area contributed by atoms with Gasteiger partial charge < -0.3 is 4.79 Å². The summed E-state index contributed by atoms with van der Waals surface area (Å²) >= 11 is 0. The van der Waals surface area contributed by atoms with Crippen LogP contribution in [0.5, 0.6) is 0 Å². The van der Waals surface area contributed by atoms with Crippen molar-refractivity contribution in [3.63, 3.8) is 0 Å². The summed E-state index contributed by atoms with van der Waals surface area (Å²) in [4.78, 5) is 10.8. The molecule has 0 amide bonds. The van der Waals surface area contributed by atoms with Crippen molar-refractivity contribution in [2.75, 3.05) is 12.0 Å². The Morgan fingerprint density at radius 1 is 1.28 bits per heavy atom. The van der Waals surface area contributed by atoms with E-state index >= 15 is 0 Å². The minimum absolute atomic E-state index is 0.228. The molecule has 0 spiro atoms. The van der Waals surface area contributed by atoms with Gasteiger partial charge in [0, 0.05) is 6.26 Å². The van der Waals surface area contributed by atoms with Gasteiger partial charge in [-0.1, -0.05) is 18.2 Å². The summed E-state index contributed by atoms with van der Waals surface area (Å²) in [6.45, 7) is 0. The van der Waals surface area contributed by atoms with Crippen molar-refractivity contribution in [2.24, 2.45) is 0 Å². The van der Waals surface area contributed by atoms with E-state index in [0.29, 0.717) is 0 Å². The fraction of sp³-hybridized carbons (Fsp3) is 0.364. The van der Waals surface area contributed by atoms with Gasteiger partial charge >= 0.3 is 6.18 Å². The second-order valence-electron chi connectivity index (χ2n) is 3.92. The SMILES string of the molecule is CS(=O)(=O)CC(C=O)c1ccccc1C(F)(F)F. The normalized spacial score (nSPS) is 14.2. The molecule has 3 nitrogen and oxygen atoms in total. The van der Waals surface area contributed by atoms with E-state index in [0.717, 1.165) is 18.4 Å². The number of aldehydes is 1. The van der Waals surface area contributed by atoms with Crippen LogP contribution < -0.4 is 0 Å². The zero-order valence-electron chi connectivity index (χ0n) is 9.44. The molecule has 1 aromatic carbocycles. The van der Waals surface area contributed by atoms with E-state index in [1.807, 2.05) is 0 Å². The Hall–Kier alpha value is -1.37. The van der Waals surface area contributed by atoms with Crippen LogP contribution in [0.3, 0.4) is 0 Å². The van der Waals surface area contributed by atoms with Gasteiger partial charge in [-0.2, -0.15) is 13.2 Å². The smallest absolute Gasteiger partial charge is 0.303 e. The topological polar surface area (TPSA) is 51.2 Å². The number of benzene rings is 1. The summed E-state index contributed by atoms with van der Waals surface area (Å²) < 4.78 is 60.3. The average molecular weight is 280 g/mol. The summed E-state index contributed by atoms with van der Waals surface area (Å²) in [7, 11) is -3.54. The highest BCUT2D eigenvalue weighted by Gasteiger charge is 2.35. The Balaban J connectivity index is 3.26. The fourth-order valence-corrected chi connectivity index (χ4v) is 2.52. The predicted octanol–water partition coefficient (Wildman–Crippen LogP) is 2.03. The zero-order chi connectivity index (χ0) is 14.0. The molecule has 1 atom stereocenters. The Morgan fingerprint density at radius 2 is 1.83 bits per heavy atom. The Kier molecular flexibility index (Phi) is 4.16. The minimum Gasteiger partial charge on any atom is -0.303 e. The van der Waals surface area contributed by atoms with Crippen LogP contribution in [0.15, 0.2) is 24.3 Å². The molecular weight excluding hydrogens is 269 g/mol. The Morgan fingerprint density at radius 3 is 2.28 bits per heavy atom. The highest BCUT2D eigenvalue weighted by Crippen LogP contribution is 2.34. The number of sulfone groups is 1. The van der Waals surface area contributed by atoms with Crippen molar-refractivity contribution in [1.82, 2.24) is 0 Å². The van der Waals surface area contributed by atoms with Crippen molar-refractivity contribution in [3.8, 4) is 0 Å². The van der Waals surface area contributed by atoms with Crippen LogP contribution in [0.2, 0.25) is 0 Å². The number of hydrogen-bond donors (Lipinski definition) is 0.